The minimum absolute atomic E-state index is 0.249. The maximum Gasteiger partial charge on any atom is 0.272 e. The number of aromatic nitrogens is 4. The van der Waals surface area contributed by atoms with Crippen LogP contribution in [0.4, 0.5) is 8.78 Å². The van der Waals surface area contributed by atoms with Crippen LogP contribution in [-0.2, 0) is 0 Å². The molecule has 1 N–H and O–H groups in total. The van der Waals surface area contributed by atoms with E-state index in [0.717, 1.165) is 32.8 Å². The van der Waals surface area contributed by atoms with E-state index in [1.54, 1.807) is 4.40 Å². The van der Waals surface area contributed by atoms with Crippen molar-refractivity contribution < 1.29 is 13.6 Å². The van der Waals surface area contributed by atoms with Gasteiger partial charge in [-0.2, -0.15) is 0 Å². The van der Waals surface area contributed by atoms with E-state index in [4.69, 9.17) is 4.98 Å². The molecule has 0 aliphatic heterocycles. The number of H-pyrrole nitrogens is 1. The molecule has 1 aliphatic carbocycles. The maximum atomic E-state index is 12.7. The molecule has 0 bridgehead atoms. The van der Waals surface area contributed by atoms with Crippen LogP contribution in [0.5, 0.6) is 0 Å². The molecular weight excluding hydrogens is 376 g/mol. The van der Waals surface area contributed by atoms with Gasteiger partial charge < -0.3 is 9.88 Å². The van der Waals surface area contributed by atoms with Crippen molar-refractivity contribution in [3.05, 3.63) is 54.2 Å². The molecule has 6 nitrogen and oxygen atoms in total. The van der Waals surface area contributed by atoms with Crippen molar-refractivity contribution in [1.29, 1.82) is 0 Å². The second-order valence-corrected chi connectivity index (χ2v) is 7.48. The van der Waals surface area contributed by atoms with Gasteiger partial charge in [0, 0.05) is 47.6 Å². The Morgan fingerprint density at radius 3 is 2.90 bits per heavy atom. The second kappa shape index (κ2) is 6.65. The summed E-state index contributed by atoms with van der Waals surface area (Å²) in [6.07, 6.45) is 4.93. The van der Waals surface area contributed by atoms with E-state index in [-0.39, 0.29) is 5.69 Å². The molecule has 1 saturated carbocycles. The Kier molecular flexibility index (Phi) is 4.08. The first-order valence-electron chi connectivity index (χ1n) is 9.50. The molecule has 4 aromatic heterocycles. The predicted octanol–water partition coefficient (Wildman–Crippen LogP) is 4.09. The third kappa shape index (κ3) is 3.14. The molecule has 0 spiro atoms. The summed E-state index contributed by atoms with van der Waals surface area (Å²) in [7, 11) is 1.36. The average Bonchev–Trinajstić information content (AvgIpc) is 3.34. The summed E-state index contributed by atoms with van der Waals surface area (Å²) in [5.41, 5.74) is 4.63. The Labute approximate surface area is 165 Å². The van der Waals surface area contributed by atoms with Crippen LogP contribution in [0.3, 0.4) is 0 Å². The number of hydrogen-bond donors (Lipinski definition) is 1. The van der Waals surface area contributed by atoms with Gasteiger partial charge >= 0.3 is 0 Å². The van der Waals surface area contributed by atoms with E-state index in [1.165, 1.54) is 26.1 Å². The van der Waals surface area contributed by atoms with Crippen LogP contribution in [0.2, 0.25) is 0 Å². The first-order chi connectivity index (χ1) is 14.0. The smallest absolute Gasteiger partial charge is 0.272 e. The molecule has 5 rings (SSSR count). The van der Waals surface area contributed by atoms with Gasteiger partial charge in [0.25, 0.3) is 12.3 Å². The van der Waals surface area contributed by atoms with Gasteiger partial charge in [0.2, 0.25) is 0 Å². The molecule has 1 amide bonds. The summed E-state index contributed by atoms with van der Waals surface area (Å²) in [4.78, 5) is 25.8. The van der Waals surface area contributed by atoms with Gasteiger partial charge in [-0.3, -0.25) is 9.20 Å². The lowest BCUT2D eigenvalue weighted by Crippen LogP contribution is -2.32. The Hall–Kier alpha value is -3.29. The van der Waals surface area contributed by atoms with Gasteiger partial charge in [0.15, 0.2) is 0 Å². The third-order valence-electron chi connectivity index (χ3n) is 5.35. The van der Waals surface area contributed by atoms with E-state index in [2.05, 4.69) is 22.1 Å². The van der Waals surface area contributed by atoms with Crippen molar-refractivity contribution in [2.24, 2.45) is 0 Å². The zero-order chi connectivity index (χ0) is 20.1. The maximum absolute atomic E-state index is 12.7. The largest absolute Gasteiger partial charge is 0.346 e. The van der Waals surface area contributed by atoms with Crippen LogP contribution >= 0.6 is 0 Å². The summed E-state index contributed by atoms with van der Waals surface area (Å²) in [6, 6.07) is 7.88. The van der Waals surface area contributed by atoms with E-state index in [0.29, 0.717) is 11.6 Å². The molecule has 4 heterocycles. The molecule has 148 valence electrons. The van der Waals surface area contributed by atoms with Crippen LogP contribution in [0.25, 0.3) is 27.8 Å². The van der Waals surface area contributed by atoms with Crippen molar-refractivity contribution in [3.8, 4) is 11.1 Å². The summed E-state index contributed by atoms with van der Waals surface area (Å²) in [5, 5.41) is 0.997. The highest BCUT2D eigenvalue weighted by Gasteiger charge is 2.25. The molecule has 4 aromatic rings. The van der Waals surface area contributed by atoms with E-state index < -0.39 is 18.9 Å². The predicted molar refractivity (Wildman–Crippen MR) is 105 cm³/mol. The molecule has 1 fully saturated rings. The topological polar surface area (TPSA) is 66.3 Å². The summed E-state index contributed by atoms with van der Waals surface area (Å²) < 4.78 is 27.0. The summed E-state index contributed by atoms with van der Waals surface area (Å²) >= 11 is 0. The van der Waals surface area contributed by atoms with Crippen molar-refractivity contribution in [1.82, 2.24) is 24.3 Å². The van der Waals surface area contributed by atoms with Gasteiger partial charge in [-0.05, 0) is 37.1 Å². The minimum Gasteiger partial charge on any atom is -0.346 e. The van der Waals surface area contributed by atoms with Crippen LogP contribution in [0, 0.1) is 0 Å². The van der Waals surface area contributed by atoms with E-state index in [9.17, 15) is 13.6 Å². The van der Waals surface area contributed by atoms with Crippen molar-refractivity contribution in [3.63, 3.8) is 0 Å². The lowest BCUT2D eigenvalue weighted by Gasteiger charge is -2.16. The van der Waals surface area contributed by atoms with Gasteiger partial charge in [-0.1, -0.05) is 0 Å². The zero-order valence-corrected chi connectivity index (χ0v) is 15.8. The van der Waals surface area contributed by atoms with E-state index in [1.807, 2.05) is 24.5 Å². The Bertz CT molecular complexity index is 1220. The second-order valence-electron chi connectivity index (χ2n) is 7.48. The highest BCUT2D eigenvalue weighted by molar-refractivity contribution is 5.95. The number of nitrogens with one attached hydrogen (secondary N) is 1. The zero-order valence-electron chi connectivity index (χ0n) is 15.8. The van der Waals surface area contributed by atoms with Crippen LogP contribution < -0.4 is 0 Å². The van der Waals surface area contributed by atoms with Crippen molar-refractivity contribution in [2.45, 2.75) is 25.2 Å². The lowest BCUT2D eigenvalue weighted by molar-refractivity contribution is 0.0614. The monoisotopic (exact) mass is 395 g/mol. The van der Waals surface area contributed by atoms with Gasteiger partial charge in [-0.25, -0.2) is 18.7 Å². The van der Waals surface area contributed by atoms with Gasteiger partial charge in [0.1, 0.15) is 17.0 Å². The minimum atomic E-state index is -2.59. The van der Waals surface area contributed by atoms with Crippen LogP contribution in [0.1, 0.15) is 34.9 Å². The normalized spacial score (nSPS) is 14.2. The number of amides is 1. The number of fused-ring (bicyclic) bond motifs is 2. The number of imidazole rings is 1. The molecule has 0 saturated heterocycles. The molecule has 8 heteroatoms. The van der Waals surface area contributed by atoms with Gasteiger partial charge in [0.05, 0.1) is 12.7 Å². The third-order valence-corrected chi connectivity index (χ3v) is 5.35. The first-order valence-corrected chi connectivity index (χ1v) is 9.50. The van der Waals surface area contributed by atoms with Crippen LogP contribution in [0.15, 0.2) is 42.9 Å². The van der Waals surface area contributed by atoms with Crippen LogP contribution in [-0.4, -0.2) is 50.2 Å². The Morgan fingerprint density at radius 2 is 2.14 bits per heavy atom. The Morgan fingerprint density at radius 1 is 1.31 bits per heavy atom. The number of aromatic amines is 1. The quantitative estimate of drug-likeness (QED) is 0.553. The fourth-order valence-corrected chi connectivity index (χ4v) is 3.65. The number of carbonyl (C=O) groups excluding carboxylic acids is 1. The molecular formula is C21H19F2N5O. The highest BCUT2D eigenvalue weighted by atomic mass is 19.3. The standard InChI is InChI=1S/C21H19F2N5O/c1-27(11-18(22)23)21(29)17-9-24-19-7-4-13(10-28(17)19)15-8-25-20-14(15)5-6-16(26-20)12-2-3-12/h4-10,12,18H,2-3,11H2,1H3,(H,25,26). The summed E-state index contributed by atoms with van der Waals surface area (Å²) in [6.45, 7) is -0.622. The SMILES string of the molecule is CN(CC(F)F)C(=O)c1cnc2ccc(-c3c[nH]c4nc(C5CC5)ccc34)cn12. The Balaban J connectivity index is 1.54. The molecule has 0 unspecified atom stereocenters. The molecule has 1 aliphatic rings. The number of rotatable bonds is 5. The van der Waals surface area contributed by atoms with Crippen molar-refractivity contribution in [2.75, 3.05) is 13.6 Å². The molecule has 0 atom stereocenters. The van der Waals surface area contributed by atoms with Crippen molar-refractivity contribution >= 4 is 22.6 Å². The van der Waals surface area contributed by atoms with E-state index >= 15 is 0 Å². The molecule has 0 aromatic carbocycles. The van der Waals surface area contributed by atoms with Gasteiger partial charge in [-0.15, -0.1) is 0 Å². The summed E-state index contributed by atoms with van der Waals surface area (Å²) in [5.74, 6) is 0.0804. The molecule has 29 heavy (non-hydrogen) atoms. The number of pyridine rings is 2. The number of hydrogen-bond acceptors (Lipinski definition) is 3. The highest BCUT2D eigenvalue weighted by Crippen LogP contribution is 2.40. The number of carbonyl (C=O) groups is 1. The lowest BCUT2D eigenvalue weighted by atomic mass is 10.1. The molecule has 0 radical (unpaired) electrons. The first kappa shape index (κ1) is 17.8. The average molecular weight is 395 g/mol. The fourth-order valence-electron chi connectivity index (χ4n) is 3.65. The fraction of sp³-hybridized carbons (Fsp3) is 0.286. The number of nitrogens with zero attached hydrogens (tertiary/aromatic N) is 4. The number of halogens is 2. The number of alkyl halides is 2.